The lowest BCUT2D eigenvalue weighted by molar-refractivity contribution is -0.114. The summed E-state index contributed by atoms with van der Waals surface area (Å²) in [5.41, 5.74) is 1.26. The maximum Gasteiger partial charge on any atom is 0.318 e. The van der Waals surface area contributed by atoms with Crippen molar-refractivity contribution in [3.63, 3.8) is 0 Å². The molecular formula is C15H18N2O2S. The lowest BCUT2D eigenvalue weighted by Gasteiger charge is -2.22. The van der Waals surface area contributed by atoms with Crippen LogP contribution in [0.3, 0.4) is 0 Å². The van der Waals surface area contributed by atoms with Crippen LogP contribution in [-0.2, 0) is 4.79 Å². The van der Waals surface area contributed by atoms with Crippen LogP contribution in [-0.4, -0.2) is 34.7 Å². The molecule has 0 spiro atoms. The first-order valence-corrected chi connectivity index (χ1v) is 7.46. The lowest BCUT2D eigenvalue weighted by Crippen LogP contribution is -2.45. The summed E-state index contributed by atoms with van der Waals surface area (Å²) in [7, 11) is 0. The van der Waals surface area contributed by atoms with Gasteiger partial charge in [0.2, 0.25) is 5.12 Å². The predicted octanol–water partition coefficient (Wildman–Crippen LogP) is 2.17. The zero-order valence-corrected chi connectivity index (χ0v) is 12.1. The first-order valence-electron chi connectivity index (χ1n) is 7.01. The van der Waals surface area contributed by atoms with E-state index in [0.717, 1.165) is 19.3 Å². The van der Waals surface area contributed by atoms with Crippen molar-refractivity contribution in [2.45, 2.75) is 37.3 Å². The van der Waals surface area contributed by atoms with Gasteiger partial charge in [-0.05, 0) is 24.8 Å². The number of likely N-dealkylation sites (tertiary alicyclic amines) is 1. The van der Waals surface area contributed by atoms with Crippen LogP contribution < -0.4 is 5.32 Å². The number of hydrogen-bond acceptors (Lipinski definition) is 2. The third-order valence-electron chi connectivity index (χ3n) is 4.13. The van der Waals surface area contributed by atoms with Crippen LogP contribution in [0.5, 0.6) is 0 Å². The van der Waals surface area contributed by atoms with Gasteiger partial charge < -0.3 is 10.2 Å². The Morgan fingerprint density at radius 1 is 1.25 bits per heavy atom. The molecule has 1 heterocycles. The largest absolute Gasteiger partial charge is 0.335 e. The summed E-state index contributed by atoms with van der Waals surface area (Å²) in [4.78, 5) is 25.2. The van der Waals surface area contributed by atoms with Crippen molar-refractivity contribution in [1.29, 1.82) is 0 Å². The molecule has 2 aliphatic rings. The zero-order valence-electron chi connectivity index (χ0n) is 11.2. The molecular weight excluding hydrogens is 272 g/mol. The van der Waals surface area contributed by atoms with Crippen molar-refractivity contribution in [2.75, 3.05) is 6.54 Å². The number of urea groups is 1. The minimum Gasteiger partial charge on any atom is -0.335 e. The van der Waals surface area contributed by atoms with E-state index in [1.54, 1.807) is 4.90 Å². The van der Waals surface area contributed by atoms with Gasteiger partial charge in [0.1, 0.15) is 6.04 Å². The van der Waals surface area contributed by atoms with Gasteiger partial charge in [-0.1, -0.05) is 30.3 Å². The average Bonchev–Trinajstić information content (AvgIpc) is 3.02. The molecule has 0 unspecified atom stereocenters. The summed E-state index contributed by atoms with van der Waals surface area (Å²) in [6.45, 7) is 0.644. The van der Waals surface area contributed by atoms with E-state index in [2.05, 4.69) is 30.1 Å². The third kappa shape index (κ3) is 2.68. The number of rotatable bonds is 3. The molecule has 3 atom stereocenters. The van der Waals surface area contributed by atoms with Crippen molar-refractivity contribution in [1.82, 2.24) is 10.2 Å². The molecule has 5 heteroatoms. The lowest BCUT2D eigenvalue weighted by atomic mass is 10.1. The first-order chi connectivity index (χ1) is 9.66. The molecule has 1 aliphatic heterocycles. The summed E-state index contributed by atoms with van der Waals surface area (Å²) in [5, 5.41) is 2.82. The molecule has 20 heavy (non-hydrogen) atoms. The summed E-state index contributed by atoms with van der Waals surface area (Å²) in [6.07, 6.45) is 2.57. The highest BCUT2D eigenvalue weighted by Gasteiger charge is 2.41. The summed E-state index contributed by atoms with van der Waals surface area (Å²) in [5.74, 6) is 0.410. The van der Waals surface area contributed by atoms with E-state index in [1.165, 1.54) is 5.56 Å². The first kappa shape index (κ1) is 13.5. The van der Waals surface area contributed by atoms with Crippen LogP contribution in [0.4, 0.5) is 4.79 Å². The van der Waals surface area contributed by atoms with Crippen molar-refractivity contribution < 1.29 is 9.59 Å². The monoisotopic (exact) mass is 290 g/mol. The third-order valence-corrected chi connectivity index (χ3v) is 4.42. The average molecular weight is 290 g/mol. The Hall–Kier alpha value is -1.49. The van der Waals surface area contributed by atoms with Crippen LogP contribution in [0, 0.1) is 0 Å². The van der Waals surface area contributed by atoms with Crippen molar-refractivity contribution >= 4 is 23.8 Å². The molecule has 1 saturated carbocycles. The van der Waals surface area contributed by atoms with Gasteiger partial charge in [0.15, 0.2) is 0 Å². The number of benzene rings is 1. The second kappa shape index (κ2) is 5.48. The molecule has 1 saturated heterocycles. The Morgan fingerprint density at radius 2 is 2.00 bits per heavy atom. The second-order valence-electron chi connectivity index (χ2n) is 5.50. The number of thiol groups is 1. The number of nitrogens with one attached hydrogen (secondary N) is 1. The van der Waals surface area contributed by atoms with E-state index in [4.69, 9.17) is 0 Å². The molecule has 1 N–H and O–H groups in total. The van der Waals surface area contributed by atoms with Gasteiger partial charge >= 0.3 is 6.03 Å². The van der Waals surface area contributed by atoms with E-state index in [9.17, 15) is 9.59 Å². The maximum atomic E-state index is 12.2. The highest BCUT2D eigenvalue weighted by atomic mass is 32.1. The van der Waals surface area contributed by atoms with E-state index in [-0.39, 0.29) is 23.2 Å². The van der Waals surface area contributed by atoms with E-state index in [1.807, 2.05) is 18.2 Å². The van der Waals surface area contributed by atoms with Gasteiger partial charge in [-0.25, -0.2) is 4.79 Å². The van der Waals surface area contributed by atoms with Gasteiger partial charge in [-0.3, -0.25) is 4.79 Å². The minimum absolute atomic E-state index is 0.127. The standard InChI is InChI=1S/C15H18N2O2S/c18-14(20)13-7-4-8-17(13)15(19)16-12-9-11(12)10-5-2-1-3-6-10/h1-3,5-6,11-13H,4,7-9H2,(H,16,19)(H,18,20)/t11-,12+,13+/m1/s1. The SMILES string of the molecule is O=C(S)[C@@H]1CCCN1C(=O)N[C@H]1C[C@@H]1c1ccccc1. The van der Waals surface area contributed by atoms with Crippen molar-refractivity contribution in [2.24, 2.45) is 0 Å². The minimum atomic E-state index is -0.354. The number of carbonyl (C=O) groups is 2. The van der Waals surface area contributed by atoms with Crippen LogP contribution in [0.15, 0.2) is 30.3 Å². The Morgan fingerprint density at radius 3 is 2.70 bits per heavy atom. The van der Waals surface area contributed by atoms with Gasteiger partial charge in [0.25, 0.3) is 0 Å². The highest BCUT2D eigenvalue weighted by Crippen LogP contribution is 2.40. The molecule has 3 rings (SSSR count). The van der Waals surface area contributed by atoms with E-state index < -0.39 is 0 Å². The number of carbonyl (C=O) groups excluding carboxylic acids is 2. The number of nitrogens with zero attached hydrogens (tertiary/aromatic N) is 1. The van der Waals surface area contributed by atoms with Crippen molar-refractivity contribution in [3.05, 3.63) is 35.9 Å². The molecule has 0 aromatic heterocycles. The molecule has 0 radical (unpaired) electrons. The molecule has 1 aromatic rings. The van der Waals surface area contributed by atoms with Gasteiger partial charge in [0, 0.05) is 18.5 Å². The van der Waals surface area contributed by atoms with Gasteiger partial charge in [-0.15, -0.1) is 12.6 Å². The Labute approximate surface area is 123 Å². The molecule has 1 aliphatic carbocycles. The Kier molecular flexibility index (Phi) is 3.70. The molecule has 106 valence electrons. The van der Waals surface area contributed by atoms with Crippen molar-refractivity contribution in [3.8, 4) is 0 Å². The van der Waals surface area contributed by atoms with Crippen LogP contribution in [0.2, 0.25) is 0 Å². The number of hydrogen-bond donors (Lipinski definition) is 2. The zero-order chi connectivity index (χ0) is 14.1. The van der Waals surface area contributed by atoms with Crippen LogP contribution >= 0.6 is 12.6 Å². The van der Waals surface area contributed by atoms with Gasteiger partial charge in [-0.2, -0.15) is 0 Å². The fourth-order valence-corrected chi connectivity index (χ4v) is 3.20. The Balaban J connectivity index is 1.57. The molecule has 0 bridgehead atoms. The fraction of sp³-hybridized carbons (Fsp3) is 0.467. The fourth-order valence-electron chi connectivity index (χ4n) is 2.93. The summed E-state index contributed by atoms with van der Waals surface area (Å²) >= 11 is 3.87. The van der Waals surface area contributed by atoms with E-state index in [0.29, 0.717) is 12.5 Å². The predicted molar refractivity (Wildman–Crippen MR) is 79.8 cm³/mol. The summed E-state index contributed by atoms with van der Waals surface area (Å²) < 4.78 is 0. The summed E-state index contributed by atoms with van der Waals surface area (Å²) in [6, 6.07) is 9.92. The molecule has 4 nitrogen and oxygen atoms in total. The van der Waals surface area contributed by atoms with Gasteiger partial charge in [0.05, 0.1) is 0 Å². The van der Waals surface area contributed by atoms with Crippen LogP contribution in [0.25, 0.3) is 0 Å². The highest BCUT2D eigenvalue weighted by molar-refractivity contribution is 7.96. The quantitative estimate of drug-likeness (QED) is 0.838. The molecule has 2 amide bonds. The molecule has 2 fully saturated rings. The number of amides is 2. The second-order valence-corrected chi connectivity index (χ2v) is 5.94. The van der Waals surface area contributed by atoms with E-state index >= 15 is 0 Å². The molecule has 1 aromatic carbocycles. The smallest absolute Gasteiger partial charge is 0.318 e. The maximum absolute atomic E-state index is 12.2. The normalized spacial score (nSPS) is 28.2. The topological polar surface area (TPSA) is 49.4 Å². The Bertz CT molecular complexity index is 520. The van der Waals surface area contributed by atoms with Crippen LogP contribution in [0.1, 0.15) is 30.7 Å².